The van der Waals surface area contributed by atoms with E-state index in [9.17, 15) is 19.5 Å². The highest BCUT2D eigenvalue weighted by Crippen LogP contribution is 2.69. The molecular weight excluding hydrogens is 480 g/mol. The van der Waals surface area contributed by atoms with E-state index in [1.165, 1.54) is 29.2 Å². The first-order valence-electron chi connectivity index (χ1n) is 13.6. The van der Waals surface area contributed by atoms with Crippen LogP contribution in [0, 0.1) is 34.5 Å². The van der Waals surface area contributed by atoms with E-state index < -0.39 is 16.8 Å². The van der Waals surface area contributed by atoms with Crippen LogP contribution >= 0.6 is 0 Å². The second-order valence-electron chi connectivity index (χ2n) is 11.4. The van der Waals surface area contributed by atoms with Crippen molar-refractivity contribution in [3.8, 4) is 17.6 Å². The van der Waals surface area contributed by atoms with Crippen LogP contribution in [0.25, 0.3) is 0 Å². The van der Waals surface area contributed by atoms with Crippen molar-refractivity contribution in [2.75, 3.05) is 20.3 Å². The maximum absolute atomic E-state index is 13.9. The molecule has 4 aliphatic rings. The van der Waals surface area contributed by atoms with Crippen LogP contribution < -0.4 is 4.74 Å². The molecule has 0 aliphatic heterocycles. The fourth-order valence-corrected chi connectivity index (χ4v) is 8.04. The minimum Gasteiger partial charge on any atom is -0.497 e. The smallest absolute Gasteiger partial charge is 0.303 e. The third kappa shape index (κ3) is 4.22. The number of hydrogen-bond acceptors (Lipinski definition) is 6. The molecule has 0 spiro atoms. The van der Waals surface area contributed by atoms with Crippen LogP contribution in [0.3, 0.4) is 0 Å². The Morgan fingerprint density at radius 3 is 2.58 bits per heavy atom. The highest BCUT2D eigenvalue weighted by Gasteiger charge is 2.65. The van der Waals surface area contributed by atoms with E-state index in [1.54, 1.807) is 7.11 Å². The molecule has 0 aromatic heterocycles. The molecule has 2 saturated carbocycles. The first-order valence-corrected chi connectivity index (χ1v) is 13.6. The molecule has 1 N–H and O–H groups in total. The monoisotopic (exact) mass is 516 g/mol. The molecule has 0 saturated heterocycles. The highest BCUT2D eigenvalue weighted by atomic mass is 16.5. The number of hydrogen-bond donors (Lipinski definition) is 1. The predicted molar refractivity (Wildman–Crippen MR) is 142 cm³/mol. The largest absolute Gasteiger partial charge is 0.497 e. The fourth-order valence-electron chi connectivity index (χ4n) is 8.04. The molecule has 1 aromatic rings. The third-order valence-electron chi connectivity index (χ3n) is 9.71. The zero-order valence-electron chi connectivity index (χ0n) is 22.5. The summed E-state index contributed by atoms with van der Waals surface area (Å²) in [5, 5.41) is 9.62. The molecule has 6 nitrogen and oxygen atoms in total. The SMILES string of the molecule is COc1ccc([C@H]2C[C@@]3(C)[C@@H](CC[C@@]3(C#CCO)C(=O)COC(C)=O)[C@@H]3CCC4=CC(=O)CCC4=C32)cc1. The zero-order chi connectivity index (χ0) is 27.1. The molecule has 0 amide bonds. The van der Waals surface area contributed by atoms with Crippen LogP contribution in [0.15, 0.2) is 47.1 Å². The Kier molecular flexibility index (Phi) is 7.09. The normalized spacial score (nSPS) is 31.7. The van der Waals surface area contributed by atoms with Gasteiger partial charge in [0, 0.05) is 19.3 Å². The molecule has 5 atom stereocenters. The molecule has 0 heterocycles. The molecule has 4 aliphatic carbocycles. The average molecular weight is 517 g/mol. The minimum absolute atomic E-state index is 0.0639. The van der Waals surface area contributed by atoms with Crippen LogP contribution in [0.4, 0.5) is 0 Å². The van der Waals surface area contributed by atoms with Crippen molar-refractivity contribution in [1.82, 2.24) is 0 Å². The quantitative estimate of drug-likeness (QED) is 0.450. The first-order chi connectivity index (χ1) is 18.2. The number of fused-ring (bicyclic) bond motifs is 4. The van der Waals surface area contributed by atoms with Gasteiger partial charge in [0.1, 0.15) is 12.4 Å². The fraction of sp³-hybridized carbons (Fsp3) is 0.531. The number of aliphatic hydroxyl groups is 1. The number of aliphatic hydroxyl groups excluding tert-OH is 1. The second kappa shape index (κ2) is 10.2. The summed E-state index contributed by atoms with van der Waals surface area (Å²) >= 11 is 0. The van der Waals surface area contributed by atoms with Gasteiger partial charge in [0.2, 0.25) is 0 Å². The van der Waals surface area contributed by atoms with Crippen molar-refractivity contribution >= 4 is 17.5 Å². The molecule has 5 rings (SSSR count). The first kappa shape index (κ1) is 26.4. The Morgan fingerprint density at radius 2 is 1.89 bits per heavy atom. The molecule has 0 bridgehead atoms. The van der Waals surface area contributed by atoms with E-state index in [0.29, 0.717) is 19.3 Å². The maximum atomic E-state index is 13.9. The Labute approximate surface area is 224 Å². The van der Waals surface area contributed by atoms with Gasteiger partial charge in [-0.05, 0) is 90.7 Å². The van der Waals surface area contributed by atoms with Gasteiger partial charge in [-0.1, -0.05) is 36.5 Å². The molecule has 200 valence electrons. The van der Waals surface area contributed by atoms with Crippen molar-refractivity contribution < 1.29 is 29.0 Å². The van der Waals surface area contributed by atoms with E-state index in [4.69, 9.17) is 9.47 Å². The molecule has 0 unspecified atom stereocenters. The topological polar surface area (TPSA) is 89.9 Å². The second-order valence-corrected chi connectivity index (χ2v) is 11.4. The van der Waals surface area contributed by atoms with E-state index in [1.807, 2.05) is 18.2 Å². The molecule has 0 radical (unpaired) electrons. The third-order valence-corrected chi connectivity index (χ3v) is 9.71. The molecular formula is C32H36O6. The molecule has 2 fully saturated rings. The standard InChI is InChI=1S/C32H36O6/c1-20(34)38-19-29(36)32(14-4-16-33)15-13-28-26-11-7-22-17-23(35)8-12-25(22)30(26)27(18-31(28,32)2)21-5-9-24(37-3)10-6-21/h5-6,9-10,17,26-28,33H,7-8,11-13,15-16,18-19H2,1-3H3/t26-,27+,28-,31-,32-/m0/s1. The number of ether oxygens (including phenoxy) is 2. The van der Waals surface area contributed by atoms with Gasteiger partial charge in [0.25, 0.3) is 0 Å². The molecule has 1 aromatic carbocycles. The average Bonchev–Trinajstić information content (AvgIpc) is 3.22. The van der Waals surface area contributed by atoms with E-state index in [0.717, 1.165) is 31.4 Å². The lowest BCUT2D eigenvalue weighted by molar-refractivity contribution is -0.150. The van der Waals surface area contributed by atoms with Crippen molar-refractivity contribution in [2.45, 2.75) is 64.7 Å². The summed E-state index contributed by atoms with van der Waals surface area (Å²) in [6.45, 7) is 2.86. The van der Waals surface area contributed by atoms with Crippen LogP contribution in [0.2, 0.25) is 0 Å². The summed E-state index contributed by atoms with van der Waals surface area (Å²) in [5.74, 6) is 6.94. The Hall–Kier alpha value is -3.17. The lowest BCUT2D eigenvalue weighted by atomic mass is 9.48. The highest BCUT2D eigenvalue weighted by molar-refractivity contribution is 5.93. The van der Waals surface area contributed by atoms with Crippen molar-refractivity contribution in [1.29, 1.82) is 0 Å². The lowest BCUT2D eigenvalue weighted by Crippen LogP contribution is -2.51. The minimum atomic E-state index is -1.00. The Balaban J connectivity index is 1.66. The number of allylic oxidation sites excluding steroid dienone is 4. The number of benzene rings is 1. The van der Waals surface area contributed by atoms with Gasteiger partial charge in [-0.15, -0.1) is 0 Å². The summed E-state index contributed by atoms with van der Waals surface area (Å²) in [6, 6.07) is 8.18. The van der Waals surface area contributed by atoms with Gasteiger partial charge >= 0.3 is 5.97 Å². The van der Waals surface area contributed by atoms with Gasteiger partial charge in [-0.3, -0.25) is 14.4 Å². The summed E-state index contributed by atoms with van der Waals surface area (Å²) in [4.78, 5) is 37.7. The van der Waals surface area contributed by atoms with Gasteiger partial charge in [-0.2, -0.15) is 0 Å². The van der Waals surface area contributed by atoms with Crippen molar-refractivity contribution in [3.63, 3.8) is 0 Å². The van der Waals surface area contributed by atoms with Gasteiger partial charge < -0.3 is 14.6 Å². The van der Waals surface area contributed by atoms with Gasteiger partial charge in [0.15, 0.2) is 18.2 Å². The van der Waals surface area contributed by atoms with E-state index in [-0.39, 0.29) is 42.5 Å². The van der Waals surface area contributed by atoms with Crippen LogP contribution in [-0.4, -0.2) is 43.0 Å². The van der Waals surface area contributed by atoms with Crippen LogP contribution in [0.5, 0.6) is 5.75 Å². The maximum Gasteiger partial charge on any atom is 0.303 e. The lowest BCUT2D eigenvalue weighted by Gasteiger charge is -2.54. The van der Waals surface area contributed by atoms with E-state index >= 15 is 0 Å². The summed E-state index contributed by atoms with van der Waals surface area (Å²) in [6.07, 6.45) is 7.11. The van der Waals surface area contributed by atoms with E-state index in [2.05, 4.69) is 30.9 Å². The number of carbonyl (C=O) groups is 3. The van der Waals surface area contributed by atoms with Gasteiger partial charge in [0.05, 0.1) is 12.5 Å². The summed E-state index contributed by atoms with van der Waals surface area (Å²) in [5.41, 5.74) is 3.64. The molecule has 6 heteroatoms. The predicted octanol–water partition coefficient (Wildman–Crippen LogP) is 4.71. The Bertz CT molecular complexity index is 1280. The van der Waals surface area contributed by atoms with Crippen LogP contribution in [0.1, 0.15) is 70.3 Å². The number of ketones is 2. The number of Topliss-reactive ketones (excluding diaryl/α,β-unsaturated/α-hetero) is 1. The number of methoxy groups -OCH3 is 1. The van der Waals surface area contributed by atoms with Crippen molar-refractivity contribution in [2.24, 2.45) is 22.7 Å². The summed E-state index contributed by atoms with van der Waals surface area (Å²) in [7, 11) is 1.65. The number of esters is 1. The summed E-state index contributed by atoms with van der Waals surface area (Å²) < 4.78 is 10.6. The van der Waals surface area contributed by atoms with Crippen LogP contribution in [-0.2, 0) is 19.1 Å². The number of carbonyl (C=O) groups excluding carboxylic acids is 3. The van der Waals surface area contributed by atoms with Crippen molar-refractivity contribution in [3.05, 3.63) is 52.6 Å². The molecule has 38 heavy (non-hydrogen) atoms. The number of rotatable bonds is 5. The Morgan fingerprint density at radius 1 is 1.13 bits per heavy atom. The van der Waals surface area contributed by atoms with Gasteiger partial charge in [-0.25, -0.2) is 0 Å². The zero-order valence-corrected chi connectivity index (χ0v) is 22.5.